The Hall–Kier alpha value is -6.68. The number of benzene rings is 5. The van der Waals surface area contributed by atoms with E-state index in [2.05, 4.69) is 20.9 Å². The first-order valence-corrected chi connectivity index (χ1v) is 23.5. The van der Waals surface area contributed by atoms with Crippen molar-refractivity contribution < 1.29 is 28.3 Å². The molecule has 1 saturated heterocycles. The van der Waals surface area contributed by atoms with Crippen molar-refractivity contribution in [3.8, 4) is 0 Å². The number of carbonyl (C=O) groups is 3. The fourth-order valence-corrected chi connectivity index (χ4v) is 11.6. The molecule has 13 nitrogen and oxygen atoms in total. The number of fused-ring (bicyclic) bond motifs is 2. The second-order valence-electron chi connectivity index (χ2n) is 16.6. The van der Waals surface area contributed by atoms with E-state index in [1.807, 2.05) is 49.4 Å². The predicted molar refractivity (Wildman–Crippen MR) is 240 cm³/mol. The van der Waals surface area contributed by atoms with Gasteiger partial charge in [-0.25, -0.2) is 0 Å². The van der Waals surface area contributed by atoms with Crippen molar-refractivity contribution in [3.63, 3.8) is 0 Å². The van der Waals surface area contributed by atoms with Gasteiger partial charge in [0.25, 0.3) is 17.7 Å². The van der Waals surface area contributed by atoms with E-state index in [0.29, 0.717) is 63.8 Å². The number of hydrogen-bond acceptors (Lipinski definition) is 9. The summed E-state index contributed by atoms with van der Waals surface area (Å²) in [6, 6.07) is 35.3. The Kier molecular flexibility index (Phi) is 11.5. The highest BCUT2D eigenvalue weighted by atomic mass is 28.4. The van der Waals surface area contributed by atoms with Crippen LogP contribution in [0.1, 0.15) is 62.4 Å². The van der Waals surface area contributed by atoms with Crippen LogP contribution in [-0.2, 0) is 28.2 Å². The molecule has 0 aliphatic carbocycles. The second kappa shape index (κ2) is 17.0. The van der Waals surface area contributed by atoms with Crippen molar-refractivity contribution >= 4 is 54.6 Å². The Bertz CT molecular complexity index is 2600. The van der Waals surface area contributed by atoms with Gasteiger partial charge in [-0.15, -0.1) is 5.10 Å². The highest BCUT2D eigenvalue weighted by molar-refractivity contribution is 6.72. The first kappa shape index (κ1) is 42.0. The van der Waals surface area contributed by atoms with E-state index in [1.54, 1.807) is 108 Å². The molecule has 7 N–H and O–H groups in total. The highest BCUT2D eigenvalue weighted by Gasteiger charge is 2.66. The number of carbonyl (C=O) groups excluding carboxylic acids is 3. The van der Waals surface area contributed by atoms with Crippen LogP contribution in [-0.4, -0.2) is 58.9 Å². The largest absolute Gasteiger partial charge is 0.399 e. The van der Waals surface area contributed by atoms with Crippen LogP contribution in [0.25, 0.3) is 0 Å². The van der Waals surface area contributed by atoms with Crippen molar-refractivity contribution in [1.29, 1.82) is 0 Å². The molecule has 2 aliphatic rings. The summed E-state index contributed by atoms with van der Waals surface area (Å²) >= 11 is 0. The molecule has 5 aromatic carbocycles. The highest BCUT2D eigenvalue weighted by Crippen LogP contribution is 2.60. The SMILES string of the molecule is C[C@@H]1[C@@H]([Si](C)(C)F)[C@H](CCn2cc(C(CO)c3ccccc3)nn2)O[C@@]12C(=O)N(Cc1cccc(NC(=O)c3ccc(N)cc3)c1)c1ccc(NC(=O)c3ccc(N)cc3)cc12. The summed E-state index contributed by atoms with van der Waals surface area (Å²) in [7, 11) is -3.54. The lowest BCUT2D eigenvalue weighted by atomic mass is 9.82. The van der Waals surface area contributed by atoms with Crippen LogP contribution in [0.3, 0.4) is 0 Å². The molecule has 8 rings (SSSR count). The molecule has 0 saturated carbocycles. The van der Waals surface area contributed by atoms with Crippen molar-refractivity contribution in [2.24, 2.45) is 5.92 Å². The standard InChI is InChI=1S/C47H49FN8O5Si/c1-29-43(62(2,3)48)42(22-23-55-27-40(53-54-55)38(28-57)31-9-5-4-6-10-31)61-47(29)39-25-37(52-45(59)33-14-18-35(50)19-15-33)20-21-41(39)56(46(47)60)26-30-8-7-11-36(24-30)51-44(58)32-12-16-34(49)17-13-32/h4-21,24-25,27,29,38,42-43,57H,22-23,26,28,49-50H2,1-3H3,(H,51,58)(H,52,59)/t29-,38?,42+,43-,47+/m1/s1. The van der Waals surface area contributed by atoms with Gasteiger partial charge in [0.15, 0.2) is 5.60 Å². The lowest BCUT2D eigenvalue weighted by molar-refractivity contribution is -0.146. The number of nitrogens with zero attached hydrogens (tertiary/aromatic N) is 4. The number of aliphatic hydroxyl groups excluding tert-OH is 1. The summed E-state index contributed by atoms with van der Waals surface area (Å²) in [6.45, 7) is 5.47. The fraction of sp³-hybridized carbons (Fsp3) is 0.255. The first-order valence-electron chi connectivity index (χ1n) is 20.6. The Morgan fingerprint density at radius 3 is 2.11 bits per heavy atom. The number of rotatable bonds is 13. The molecule has 15 heteroatoms. The molecule has 3 amide bonds. The van der Waals surface area contributed by atoms with Gasteiger partial charge in [-0.1, -0.05) is 54.6 Å². The zero-order chi connectivity index (χ0) is 43.8. The number of aliphatic hydroxyl groups is 1. The van der Waals surface area contributed by atoms with Gasteiger partial charge in [0.1, 0.15) is 0 Å². The number of aryl methyl sites for hydroxylation is 1. The van der Waals surface area contributed by atoms with Crippen molar-refractivity contribution in [2.45, 2.75) is 62.7 Å². The number of anilines is 5. The lowest BCUT2D eigenvalue weighted by Crippen LogP contribution is -2.45. The third-order valence-corrected chi connectivity index (χ3v) is 14.5. The van der Waals surface area contributed by atoms with E-state index in [1.165, 1.54) is 0 Å². The van der Waals surface area contributed by atoms with Gasteiger partial charge in [-0.3, -0.25) is 19.1 Å². The van der Waals surface area contributed by atoms with E-state index < -0.39 is 31.6 Å². The van der Waals surface area contributed by atoms with E-state index in [9.17, 15) is 14.7 Å². The number of amides is 3. The Morgan fingerprint density at radius 2 is 1.50 bits per heavy atom. The smallest absolute Gasteiger partial charge is 0.264 e. The zero-order valence-electron chi connectivity index (χ0n) is 34.7. The van der Waals surface area contributed by atoms with Crippen LogP contribution in [0.4, 0.5) is 32.5 Å². The van der Waals surface area contributed by atoms with Gasteiger partial charge >= 0.3 is 0 Å². The molecule has 6 aromatic rings. The van der Waals surface area contributed by atoms with Crippen molar-refractivity contribution in [3.05, 3.63) is 161 Å². The van der Waals surface area contributed by atoms with Gasteiger partial charge in [-0.05, 0) is 110 Å². The Morgan fingerprint density at radius 1 is 0.871 bits per heavy atom. The van der Waals surface area contributed by atoms with E-state index in [4.69, 9.17) is 16.2 Å². The molecule has 62 heavy (non-hydrogen) atoms. The maximum absolute atomic E-state index is 16.8. The first-order chi connectivity index (χ1) is 29.7. The fourth-order valence-electron chi connectivity index (χ4n) is 9.05. The van der Waals surface area contributed by atoms with Crippen LogP contribution in [0, 0.1) is 5.92 Å². The minimum Gasteiger partial charge on any atom is -0.399 e. The number of nitrogens with one attached hydrogen (secondary N) is 2. The normalized spacial score (nSPS) is 20.0. The Labute approximate surface area is 360 Å². The number of ether oxygens (including phenoxy) is 1. The third-order valence-electron chi connectivity index (χ3n) is 12.0. The number of nitrogen functional groups attached to an aromatic ring is 2. The third kappa shape index (κ3) is 8.21. The predicted octanol–water partition coefficient (Wildman–Crippen LogP) is 7.48. The van der Waals surface area contributed by atoms with Crippen LogP contribution in [0.15, 0.2) is 128 Å². The number of aromatic nitrogens is 3. The summed E-state index contributed by atoms with van der Waals surface area (Å²) in [5.41, 5.74) is 15.7. The maximum Gasteiger partial charge on any atom is 0.264 e. The molecular formula is C47H49FN8O5Si. The molecule has 0 radical (unpaired) electrons. The van der Waals surface area contributed by atoms with Gasteiger partial charge in [0.05, 0.1) is 36.6 Å². The van der Waals surface area contributed by atoms with Crippen LogP contribution >= 0.6 is 0 Å². The minimum atomic E-state index is -3.54. The quantitative estimate of drug-likeness (QED) is 0.0445. The molecule has 0 bridgehead atoms. The molecule has 318 valence electrons. The number of nitrogens with two attached hydrogens (primary N) is 2. The lowest BCUT2D eigenvalue weighted by Gasteiger charge is -2.31. The summed E-state index contributed by atoms with van der Waals surface area (Å²) in [5, 5.41) is 24.9. The van der Waals surface area contributed by atoms with Crippen LogP contribution in [0.2, 0.25) is 18.6 Å². The van der Waals surface area contributed by atoms with Gasteiger partial charge in [-0.2, -0.15) is 0 Å². The molecule has 1 aromatic heterocycles. The van der Waals surface area contributed by atoms with Crippen LogP contribution in [0.5, 0.6) is 0 Å². The maximum atomic E-state index is 16.8. The minimum absolute atomic E-state index is 0.118. The monoisotopic (exact) mass is 852 g/mol. The average Bonchev–Trinajstić information content (AvgIpc) is 3.91. The summed E-state index contributed by atoms with van der Waals surface area (Å²) in [5.74, 6) is -2.00. The summed E-state index contributed by atoms with van der Waals surface area (Å²) in [6.07, 6.45) is 1.44. The molecule has 2 aliphatic heterocycles. The van der Waals surface area contributed by atoms with Gasteiger partial charge in [0, 0.05) is 63.6 Å². The van der Waals surface area contributed by atoms with E-state index in [0.717, 1.165) is 11.1 Å². The average molecular weight is 853 g/mol. The van der Waals surface area contributed by atoms with E-state index in [-0.39, 0.29) is 36.8 Å². The molecule has 1 unspecified atom stereocenters. The van der Waals surface area contributed by atoms with Crippen molar-refractivity contribution in [1.82, 2.24) is 15.0 Å². The van der Waals surface area contributed by atoms with Gasteiger partial charge in [0.2, 0.25) is 8.41 Å². The molecule has 1 fully saturated rings. The van der Waals surface area contributed by atoms with Crippen LogP contribution < -0.4 is 27.0 Å². The molecule has 3 heterocycles. The Balaban J connectivity index is 1.11. The topological polar surface area (TPSA) is 191 Å². The van der Waals surface area contributed by atoms with E-state index >= 15 is 8.90 Å². The molecular weight excluding hydrogens is 804 g/mol. The van der Waals surface area contributed by atoms with Gasteiger partial charge < -0.3 is 41.0 Å². The summed E-state index contributed by atoms with van der Waals surface area (Å²) < 4.78 is 25.5. The molecule has 1 spiro atoms. The number of hydrogen-bond donors (Lipinski definition) is 5. The number of halogens is 1. The summed E-state index contributed by atoms with van der Waals surface area (Å²) in [4.78, 5) is 43.4. The second-order valence-corrected chi connectivity index (χ2v) is 20.4. The molecule has 5 atom stereocenters. The zero-order valence-corrected chi connectivity index (χ0v) is 35.7. The van der Waals surface area contributed by atoms with Crippen molar-refractivity contribution in [2.75, 3.05) is 33.6 Å².